The van der Waals surface area contributed by atoms with Gasteiger partial charge in [0.2, 0.25) is 0 Å². The van der Waals surface area contributed by atoms with Gasteiger partial charge in [-0.1, -0.05) is 30.3 Å². The minimum Gasteiger partial charge on any atom is -0.490 e. The number of benzene rings is 3. The molecular weight excluding hydrogens is 362 g/mol. The zero-order chi connectivity index (χ0) is 19.8. The maximum atomic E-state index is 12.4. The number of carbonyl (C=O) groups is 1. The largest absolute Gasteiger partial charge is 0.490 e. The highest BCUT2D eigenvalue weighted by Gasteiger charge is 2.15. The molecule has 0 N–H and O–H groups in total. The molecule has 0 unspecified atom stereocenters. The average Bonchev–Trinajstić information content (AvgIpc) is 2.72. The first kappa shape index (κ1) is 18.9. The molecular formula is C21H17NO6. The Hall–Kier alpha value is -3.87. The van der Waals surface area contributed by atoms with Crippen molar-refractivity contribution in [3.8, 4) is 17.2 Å². The third kappa shape index (κ3) is 5.07. The molecule has 0 aliphatic rings. The van der Waals surface area contributed by atoms with Crippen LogP contribution in [-0.4, -0.2) is 24.1 Å². The highest BCUT2D eigenvalue weighted by Crippen LogP contribution is 2.22. The van der Waals surface area contributed by atoms with Crippen LogP contribution in [0.2, 0.25) is 0 Å². The Kier molecular flexibility index (Phi) is 6.20. The van der Waals surface area contributed by atoms with Crippen molar-refractivity contribution in [1.82, 2.24) is 0 Å². The summed E-state index contributed by atoms with van der Waals surface area (Å²) in [4.78, 5) is 22.6. The summed E-state index contributed by atoms with van der Waals surface area (Å²) < 4.78 is 16.5. The first-order valence-corrected chi connectivity index (χ1v) is 8.50. The van der Waals surface area contributed by atoms with Crippen LogP contribution in [0.1, 0.15) is 10.4 Å². The second-order valence-electron chi connectivity index (χ2n) is 5.65. The highest BCUT2D eigenvalue weighted by atomic mass is 16.6. The summed E-state index contributed by atoms with van der Waals surface area (Å²) in [6, 6.07) is 21.3. The molecule has 0 spiro atoms. The number of hydrogen-bond donors (Lipinski definition) is 0. The van der Waals surface area contributed by atoms with Crippen molar-refractivity contribution in [3.05, 3.63) is 94.5 Å². The van der Waals surface area contributed by atoms with E-state index >= 15 is 0 Å². The predicted octanol–water partition coefficient (Wildman–Crippen LogP) is 4.27. The van der Waals surface area contributed by atoms with Crippen LogP contribution in [0, 0.1) is 10.1 Å². The highest BCUT2D eigenvalue weighted by molar-refractivity contribution is 5.94. The molecule has 142 valence electrons. The number of esters is 1. The van der Waals surface area contributed by atoms with Gasteiger partial charge in [0.05, 0.1) is 4.92 Å². The first-order chi connectivity index (χ1) is 13.6. The average molecular weight is 379 g/mol. The lowest BCUT2D eigenvalue weighted by Gasteiger charge is -2.12. The standard InChI is InChI=1S/C21H17NO6/c23-21(28-18-12-10-16(11-13-18)22(24)25)19-8-4-5-9-20(19)27-15-14-26-17-6-2-1-3-7-17/h1-13H,14-15H2. The molecule has 0 aliphatic heterocycles. The minimum absolute atomic E-state index is 0.0815. The fraction of sp³-hybridized carbons (Fsp3) is 0.0952. The summed E-state index contributed by atoms with van der Waals surface area (Å²) in [6.45, 7) is 0.562. The number of nitro benzene ring substituents is 1. The van der Waals surface area contributed by atoms with E-state index in [1.807, 2.05) is 30.3 Å². The van der Waals surface area contributed by atoms with Gasteiger partial charge in [0, 0.05) is 12.1 Å². The maximum Gasteiger partial charge on any atom is 0.347 e. The van der Waals surface area contributed by atoms with Crippen LogP contribution in [0.4, 0.5) is 5.69 Å². The van der Waals surface area contributed by atoms with Crippen molar-refractivity contribution in [2.45, 2.75) is 0 Å². The van der Waals surface area contributed by atoms with E-state index in [0.717, 1.165) is 5.75 Å². The fourth-order valence-electron chi connectivity index (χ4n) is 2.39. The Bertz CT molecular complexity index is 941. The van der Waals surface area contributed by atoms with Gasteiger partial charge in [-0.3, -0.25) is 10.1 Å². The lowest BCUT2D eigenvalue weighted by Crippen LogP contribution is -2.14. The zero-order valence-electron chi connectivity index (χ0n) is 14.8. The van der Waals surface area contributed by atoms with E-state index in [2.05, 4.69) is 0 Å². The summed E-state index contributed by atoms with van der Waals surface area (Å²) in [5, 5.41) is 10.7. The number of nitrogens with zero attached hydrogens (tertiary/aromatic N) is 1. The van der Waals surface area contributed by atoms with Gasteiger partial charge in [-0.05, 0) is 36.4 Å². The molecule has 0 bridgehead atoms. The van der Waals surface area contributed by atoms with Crippen molar-refractivity contribution < 1.29 is 23.9 Å². The molecule has 0 amide bonds. The van der Waals surface area contributed by atoms with Gasteiger partial charge in [0.25, 0.3) is 5.69 Å². The molecule has 0 aliphatic carbocycles. The van der Waals surface area contributed by atoms with E-state index in [9.17, 15) is 14.9 Å². The first-order valence-electron chi connectivity index (χ1n) is 8.50. The van der Waals surface area contributed by atoms with E-state index in [4.69, 9.17) is 14.2 Å². The molecule has 0 fully saturated rings. The molecule has 7 heteroatoms. The Labute approximate surface area is 161 Å². The van der Waals surface area contributed by atoms with E-state index in [1.165, 1.54) is 24.3 Å². The van der Waals surface area contributed by atoms with Crippen LogP contribution in [0.15, 0.2) is 78.9 Å². The fourth-order valence-corrected chi connectivity index (χ4v) is 2.39. The molecule has 3 aromatic rings. The third-order valence-electron chi connectivity index (χ3n) is 3.72. The number of rotatable bonds is 8. The Balaban J connectivity index is 1.59. The summed E-state index contributed by atoms with van der Waals surface area (Å²) in [7, 11) is 0. The van der Waals surface area contributed by atoms with Gasteiger partial charge < -0.3 is 14.2 Å². The summed E-state index contributed by atoms with van der Waals surface area (Å²) in [6.07, 6.45) is 0. The van der Waals surface area contributed by atoms with Crippen molar-refractivity contribution >= 4 is 11.7 Å². The van der Waals surface area contributed by atoms with Crippen LogP contribution < -0.4 is 14.2 Å². The number of nitro groups is 1. The quantitative estimate of drug-likeness (QED) is 0.191. The summed E-state index contributed by atoms with van der Waals surface area (Å²) in [5.41, 5.74) is 0.169. The molecule has 7 nitrogen and oxygen atoms in total. The second kappa shape index (κ2) is 9.18. The molecule has 0 heterocycles. The molecule has 0 saturated heterocycles. The molecule has 3 rings (SSSR count). The van der Waals surface area contributed by atoms with Crippen LogP contribution in [0.5, 0.6) is 17.2 Å². The molecule has 0 saturated carbocycles. The minimum atomic E-state index is -0.617. The molecule has 28 heavy (non-hydrogen) atoms. The number of carbonyl (C=O) groups excluding carboxylic acids is 1. The SMILES string of the molecule is O=C(Oc1ccc([N+](=O)[O-])cc1)c1ccccc1OCCOc1ccccc1. The van der Waals surface area contributed by atoms with E-state index in [0.29, 0.717) is 12.4 Å². The molecule has 0 atom stereocenters. The van der Waals surface area contributed by atoms with Gasteiger partial charge in [-0.25, -0.2) is 4.79 Å². The van der Waals surface area contributed by atoms with E-state index in [1.54, 1.807) is 24.3 Å². The van der Waals surface area contributed by atoms with Gasteiger partial charge in [-0.15, -0.1) is 0 Å². The number of ether oxygens (including phenoxy) is 3. The van der Waals surface area contributed by atoms with Crippen LogP contribution in [0.3, 0.4) is 0 Å². The van der Waals surface area contributed by atoms with Gasteiger partial charge >= 0.3 is 5.97 Å². The number of non-ortho nitro benzene ring substituents is 1. The number of hydrogen-bond acceptors (Lipinski definition) is 6. The topological polar surface area (TPSA) is 87.9 Å². The lowest BCUT2D eigenvalue weighted by molar-refractivity contribution is -0.384. The van der Waals surface area contributed by atoms with Crippen molar-refractivity contribution in [2.75, 3.05) is 13.2 Å². The van der Waals surface area contributed by atoms with Crippen molar-refractivity contribution in [2.24, 2.45) is 0 Å². The molecule has 0 aromatic heterocycles. The maximum absolute atomic E-state index is 12.4. The third-order valence-corrected chi connectivity index (χ3v) is 3.72. The zero-order valence-corrected chi connectivity index (χ0v) is 14.8. The summed E-state index contributed by atoms with van der Waals surface area (Å²) in [5.74, 6) is 0.689. The lowest BCUT2D eigenvalue weighted by atomic mass is 10.2. The smallest absolute Gasteiger partial charge is 0.347 e. The van der Waals surface area contributed by atoms with Crippen molar-refractivity contribution in [1.29, 1.82) is 0 Å². The normalized spacial score (nSPS) is 10.1. The van der Waals surface area contributed by atoms with Crippen LogP contribution in [0.25, 0.3) is 0 Å². The van der Waals surface area contributed by atoms with Gasteiger partial charge in [-0.2, -0.15) is 0 Å². The van der Waals surface area contributed by atoms with Crippen LogP contribution >= 0.6 is 0 Å². The Morgan fingerprint density at radius 3 is 2.14 bits per heavy atom. The molecule has 0 radical (unpaired) electrons. The van der Waals surface area contributed by atoms with Gasteiger partial charge in [0.1, 0.15) is 36.0 Å². The molecule has 3 aromatic carbocycles. The number of para-hydroxylation sites is 2. The Morgan fingerprint density at radius 1 is 0.786 bits per heavy atom. The monoisotopic (exact) mass is 379 g/mol. The van der Waals surface area contributed by atoms with Crippen LogP contribution in [-0.2, 0) is 0 Å². The van der Waals surface area contributed by atoms with E-state index in [-0.39, 0.29) is 23.6 Å². The summed E-state index contributed by atoms with van der Waals surface area (Å²) >= 11 is 0. The second-order valence-corrected chi connectivity index (χ2v) is 5.65. The van der Waals surface area contributed by atoms with Crippen molar-refractivity contribution in [3.63, 3.8) is 0 Å². The van der Waals surface area contributed by atoms with Gasteiger partial charge in [0.15, 0.2) is 0 Å². The van der Waals surface area contributed by atoms with E-state index < -0.39 is 10.9 Å². The predicted molar refractivity (Wildman–Crippen MR) is 102 cm³/mol. The Morgan fingerprint density at radius 2 is 1.43 bits per heavy atom.